The monoisotopic (exact) mass is 411 g/mol. The highest BCUT2D eigenvalue weighted by Crippen LogP contribution is 2.24. The second-order valence-electron chi connectivity index (χ2n) is 5.02. The number of hydrogen-bond acceptors (Lipinski definition) is 2. The Labute approximate surface area is 162 Å². The fraction of sp³-hybridized carbons (Fsp3) is 0. The van der Waals surface area contributed by atoms with E-state index in [4.69, 9.17) is 17.3 Å². The van der Waals surface area contributed by atoms with Gasteiger partial charge >= 0.3 is 18.2 Å². The predicted octanol–water partition coefficient (Wildman–Crippen LogP) is 4.48. The van der Waals surface area contributed by atoms with Gasteiger partial charge in [0.1, 0.15) is 0 Å². The second kappa shape index (κ2) is 9.84. The van der Waals surface area contributed by atoms with Gasteiger partial charge in [-0.3, -0.25) is 17.7 Å². The SMILES string of the molecule is Nc1c(Cl)cccc1C(=O)c1ccccc1.[Br][Mg][c]1ccccc1. The molecule has 0 aliphatic rings. The summed E-state index contributed by atoms with van der Waals surface area (Å²) in [6, 6.07) is 24.5. The molecule has 0 atom stereocenters. The number of ketones is 1. The first-order valence-electron chi connectivity index (χ1n) is 7.37. The maximum absolute atomic E-state index is 12.1. The number of carbonyl (C=O) groups is 1. The second-order valence-corrected chi connectivity index (χ2v) is 8.19. The van der Waals surface area contributed by atoms with Crippen molar-refractivity contribution in [1.82, 2.24) is 0 Å². The van der Waals surface area contributed by atoms with Gasteiger partial charge in [-0.25, -0.2) is 0 Å². The van der Waals surface area contributed by atoms with Gasteiger partial charge in [-0.15, -0.1) is 0 Å². The van der Waals surface area contributed by atoms with Gasteiger partial charge < -0.3 is 5.73 Å². The van der Waals surface area contributed by atoms with Crippen molar-refractivity contribution in [2.24, 2.45) is 0 Å². The van der Waals surface area contributed by atoms with E-state index in [-0.39, 0.29) is 24.0 Å². The van der Waals surface area contributed by atoms with Crippen LogP contribution in [0.1, 0.15) is 15.9 Å². The molecule has 0 saturated carbocycles. The molecule has 3 rings (SSSR count). The molecule has 5 heteroatoms. The van der Waals surface area contributed by atoms with E-state index in [1.807, 2.05) is 24.3 Å². The molecule has 0 radical (unpaired) electrons. The number of nitrogen functional groups attached to an aromatic ring is 1. The van der Waals surface area contributed by atoms with Crippen LogP contribution in [0, 0.1) is 0 Å². The summed E-state index contributed by atoms with van der Waals surface area (Å²) in [6.45, 7) is 0. The Morgan fingerprint density at radius 1 is 0.875 bits per heavy atom. The summed E-state index contributed by atoms with van der Waals surface area (Å²) in [7, 11) is 0. The lowest BCUT2D eigenvalue weighted by Gasteiger charge is -2.05. The van der Waals surface area contributed by atoms with Crippen LogP contribution in [0.25, 0.3) is 0 Å². The van der Waals surface area contributed by atoms with Crippen molar-refractivity contribution in [2.45, 2.75) is 0 Å². The normalized spacial score (nSPS) is 9.42. The molecular formula is C19H15BrClMgNO. The number of anilines is 1. The molecule has 118 valence electrons. The number of rotatable bonds is 3. The van der Waals surface area contributed by atoms with Crippen LogP contribution in [0.3, 0.4) is 0 Å². The fourth-order valence-electron chi connectivity index (χ4n) is 2.05. The van der Waals surface area contributed by atoms with Crippen LogP contribution in [0.5, 0.6) is 0 Å². The summed E-state index contributed by atoms with van der Waals surface area (Å²) < 4.78 is 1.47. The van der Waals surface area contributed by atoms with Gasteiger partial charge in [-0.1, -0.05) is 78.3 Å². The average molecular weight is 413 g/mol. The lowest BCUT2D eigenvalue weighted by atomic mass is 10.0. The molecular weight excluding hydrogens is 398 g/mol. The topological polar surface area (TPSA) is 43.1 Å². The number of halogens is 2. The quantitative estimate of drug-likeness (QED) is 0.391. The van der Waals surface area contributed by atoms with Gasteiger partial charge in [0.15, 0.2) is 5.78 Å². The lowest BCUT2D eigenvalue weighted by Crippen LogP contribution is -2.05. The third-order valence-corrected chi connectivity index (χ3v) is 6.38. The molecule has 2 nitrogen and oxygen atoms in total. The predicted molar refractivity (Wildman–Crippen MR) is 106 cm³/mol. The molecule has 0 amide bonds. The summed E-state index contributed by atoms with van der Waals surface area (Å²) in [6.07, 6.45) is 0. The van der Waals surface area contributed by atoms with Crippen LogP contribution in [0.2, 0.25) is 5.02 Å². The van der Waals surface area contributed by atoms with Crippen molar-refractivity contribution in [3.05, 3.63) is 95.0 Å². The van der Waals surface area contributed by atoms with Crippen molar-refractivity contribution >= 4 is 57.8 Å². The van der Waals surface area contributed by atoms with Crippen molar-refractivity contribution in [3.63, 3.8) is 0 Å². The molecule has 0 fully saturated rings. The van der Waals surface area contributed by atoms with Crippen LogP contribution >= 0.6 is 24.5 Å². The minimum atomic E-state index is -0.111. The number of carbonyl (C=O) groups excluding carboxylic acids is 1. The first-order valence-corrected chi connectivity index (χ1v) is 12.4. The molecule has 0 unspecified atom stereocenters. The highest BCUT2D eigenvalue weighted by molar-refractivity contribution is 9.23. The van der Waals surface area contributed by atoms with E-state index in [0.717, 1.165) is 0 Å². The minimum Gasteiger partial charge on any atom is -0.397 e. The number of nitrogens with two attached hydrogens (primary N) is 1. The molecule has 0 spiro atoms. The number of benzene rings is 3. The van der Waals surface area contributed by atoms with Crippen LogP contribution in [-0.2, 0) is 0 Å². The van der Waals surface area contributed by atoms with E-state index in [2.05, 4.69) is 37.1 Å². The molecule has 0 aliphatic carbocycles. The van der Waals surface area contributed by atoms with E-state index in [1.165, 1.54) is 3.69 Å². The summed E-state index contributed by atoms with van der Waals surface area (Å²) in [4.78, 5) is 12.1. The van der Waals surface area contributed by atoms with Gasteiger partial charge in [0.25, 0.3) is 0 Å². The standard InChI is InChI=1S/C13H10ClNO.C6H5.BrH.Mg/c14-11-8-4-7-10(12(11)15)13(16)9-5-2-1-3-6-9;1-2-4-6-5-3-1;;/h1-8H,15H2;1-5H;1H;/q;;;+1/p-1. The van der Waals surface area contributed by atoms with Gasteiger partial charge in [0.05, 0.1) is 10.7 Å². The maximum atomic E-state index is 12.1. The molecule has 0 bridgehead atoms. The average Bonchev–Trinajstić information content (AvgIpc) is 2.65. The molecule has 3 aromatic carbocycles. The van der Waals surface area contributed by atoms with E-state index < -0.39 is 0 Å². The van der Waals surface area contributed by atoms with Crippen LogP contribution in [-0.4, -0.2) is 24.0 Å². The Morgan fingerprint density at radius 3 is 2.00 bits per heavy atom. The first kappa shape index (κ1) is 19.0. The van der Waals surface area contributed by atoms with Gasteiger partial charge in [0.2, 0.25) is 0 Å². The van der Waals surface area contributed by atoms with Gasteiger partial charge in [-0.05, 0) is 12.1 Å². The molecule has 0 aromatic heterocycles. The van der Waals surface area contributed by atoms with Crippen molar-refractivity contribution < 1.29 is 4.79 Å². The zero-order valence-electron chi connectivity index (χ0n) is 13.0. The zero-order valence-corrected chi connectivity index (χ0v) is 16.7. The summed E-state index contributed by atoms with van der Waals surface area (Å²) in [5.41, 5.74) is 7.15. The minimum absolute atomic E-state index is 0.0962. The van der Waals surface area contributed by atoms with Gasteiger partial charge in [0, 0.05) is 11.1 Å². The van der Waals surface area contributed by atoms with Gasteiger partial charge in [-0.2, -0.15) is 3.69 Å². The molecule has 2 N–H and O–H groups in total. The molecule has 0 aliphatic heterocycles. The lowest BCUT2D eigenvalue weighted by molar-refractivity contribution is 0.103. The van der Waals surface area contributed by atoms with E-state index in [9.17, 15) is 4.79 Å². The first-order chi connectivity index (χ1) is 11.6. The Bertz CT molecular complexity index is 797. The molecule has 0 saturated heterocycles. The van der Waals surface area contributed by atoms with E-state index in [0.29, 0.717) is 21.8 Å². The molecule has 3 aromatic rings. The van der Waals surface area contributed by atoms with Crippen molar-refractivity contribution in [1.29, 1.82) is 0 Å². The Morgan fingerprint density at radius 2 is 1.46 bits per heavy atom. The molecule has 24 heavy (non-hydrogen) atoms. The number of hydrogen-bond donors (Lipinski definition) is 1. The Kier molecular flexibility index (Phi) is 7.79. The summed E-state index contributed by atoms with van der Waals surface area (Å²) in [5.74, 6) is -0.111. The zero-order chi connectivity index (χ0) is 17.4. The third kappa shape index (κ3) is 5.35. The van der Waals surface area contributed by atoms with Crippen LogP contribution in [0.15, 0.2) is 78.9 Å². The fourth-order valence-corrected chi connectivity index (χ4v) is 3.79. The Hall–Kier alpha value is -1.33. The number of para-hydroxylation sites is 1. The largest absolute Gasteiger partial charge is 0.506 e. The highest BCUT2D eigenvalue weighted by atomic mass is 79.9. The van der Waals surface area contributed by atoms with E-state index in [1.54, 1.807) is 30.3 Å². The Balaban J connectivity index is 0.000000219. The smallest absolute Gasteiger partial charge is 0.397 e. The van der Waals surface area contributed by atoms with Crippen LogP contribution < -0.4 is 9.43 Å². The van der Waals surface area contributed by atoms with E-state index >= 15 is 0 Å². The highest BCUT2D eigenvalue weighted by Gasteiger charge is 2.13. The summed E-state index contributed by atoms with van der Waals surface area (Å²) >= 11 is 9.27. The molecule has 0 heterocycles. The maximum Gasteiger partial charge on any atom is 0.506 e. The summed E-state index contributed by atoms with van der Waals surface area (Å²) in [5, 5.41) is 0.404. The van der Waals surface area contributed by atoms with Crippen molar-refractivity contribution in [3.8, 4) is 0 Å². The van der Waals surface area contributed by atoms with Crippen LogP contribution in [0.4, 0.5) is 5.69 Å². The van der Waals surface area contributed by atoms with Crippen molar-refractivity contribution in [2.75, 3.05) is 5.73 Å². The third-order valence-electron chi connectivity index (χ3n) is 3.33.